The molecule has 7 nitrogen and oxygen atoms in total. The molecule has 40 heavy (non-hydrogen) atoms. The van der Waals surface area contributed by atoms with E-state index in [1.165, 1.54) is 5.56 Å². The zero-order chi connectivity index (χ0) is 28.5. The molecule has 1 aromatic heterocycles. The van der Waals surface area contributed by atoms with Gasteiger partial charge in [-0.25, -0.2) is 4.98 Å². The molecule has 1 heterocycles. The number of carbonyl (C=O) groups excluding carboxylic acids is 1. The van der Waals surface area contributed by atoms with Crippen molar-refractivity contribution in [3.05, 3.63) is 83.7 Å². The van der Waals surface area contributed by atoms with E-state index in [4.69, 9.17) is 19.2 Å². The Balaban J connectivity index is 1.28. The van der Waals surface area contributed by atoms with Gasteiger partial charge in [-0.05, 0) is 65.8 Å². The Hall–Kier alpha value is -4.00. The molecule has 0 saturated heterocycles. The van der Waals surface area contributed by atoms with Crippen LogP contribution in [0.5, 0.6) is 17.2 Å². The summed E-state index contributed by atoms with van der Waals surface area (Å²) in [6.07, 6.45) is 2.84. The number of methoxy groups -OCH3 is 2. The van der Waals surface area contributed by atoms with Gasteiger partial charge in [-0.2, -0.15) is 0 Å². The van der Waals surface area contributed by atoms with Crippen molar-refractivity contribution < 1.29 is 19.0 Å². The van der Waals surface area contributed by atoms with Crippen molar-refractivity contribution in [2.75, 3.05) is 27.4 Å². The standard InChI is InChI=1S/C33H41N3O4/c1-33(2,3)25-13-15-26(16-14-25)40-21-9-8-20-36-28-11-7-6-10-27(28)35-31(36)18-19-34-32(37)23-24-12-17-29(38-4)30(22-24)39-5/h6-7,10-17,22H,8-9,18-21,23H2,1-5H3,(H,34,37). The molecule has 4 rings (SSSR count). The summed E-state index contributed by atoms with van der Waals surface area (Å²) < 4.78 is 18.9. The van der Waals surface area contributed by atoms with Crippen LogP contribution in [0.15, 0.2) is 66.7 Å². The summed E-state index contributed by atoms with van der Waals surface area (Å²) in [5.74, 6) is 3.11. The van der Waals surface area contributed by atoms with E-state index in [0.29, 0.717) is 31.1 Å². The van der Waals surface area contributed by atoms with E-state index in [2.05, 4.69) is 61.0 Å². The van der Waals surface area contributed by atoms with Crippen LogP contribution >= 0.6 is 0 Å². The van der Waals surface area contributed by atoms with Gasteiger partial charge in [0.1, 0.15) is 11.6 Å². The quantitative estimate of drug-likeness (QED) is 0.206. The molecule has 3 aromatic carbocycles. The minimum Gasteiger partial charge on any atom is -0.494 e. The van der Waals surface area contributed by atoms with Gasteiger partial charge in [0.25, 0.3) is 0 Å². The van der Waals surface area contributed by atoms with Gasteiger partial charge in [0.05, 0.1) is 38.3 Å². The van der Waals surface area contributed by atoms with Crippen LogP contribution in [-0.2, 0) is 29.6 Å². The zero-order valence-electron chi connectivity index (χ0n) is 24.3. The molecule has 0 bridgehead atoms. The van der Waals surface area contributed by atoms with E-state index in [1.54, 1.807) is 14.2 Å². The Labute approximate surface area is 237 Å². The Morgan fingerprint density at radius 2 is 1.68 bits per heavy atom. The molecular formula is C33H41N3O4. The number of ether oxygens (including phenoxy) is 3. The van der Waals surface area contributed by atoms with Gasteiger partial charge in [-0.1, -0.05) is 51.1 Å². The number of aryl methyl sites for hydroxylation is 1. The van der Waals surface area contributed by atoms with Crippen LogP contribution in [-0.4, -0.2) is 42.8 Å². The molecule has 0 aliphatic rings. The van der Waals surface area contributed by atoms with Gasteiger partial charge >= 0.3 is 0 Å². The first kappa shape index (κ1) is 29.0. The number of hydrogen-bond donors (Lipinski definition) is 1. The van der Waals surface area contributed by atoms with Gasteiger partial charge in [0, 0.05) is 19.5 Å². The van der Waals surface area contributed by atoms with E-state index in [1.807, 2.05) is 36.4 Å². The van der Waals surface area contributed by atoms with Crippen molar-refractivity contribution in [1.29, 1.82) is 0 Å². The molecule has 0 aliphatic carbocycles. The fourth-order valence-electron chi connectivity index (χ4n) is 4.73. The minimum absolute atomic E-state index is 0.0393. The highest BCUT2D eigenvalue weighted by molar-refractivity contribution is 5.79. The third-order valence-corrected chi connectivity index (χ3v) is 6.98. The number of nitrogens with one attached hydrogen (secondary N) is 1. The molecule has 0 spiro atoms. The molecule has 212 valence electrons. The van der Waals surface area contributed by atoms with Crippen LogP contribution in [0.4, 0.5) is 0 Å². The molecule has 0 aliphatic heterocycles. The number of imidazole rings is 1. The maximum atomic E-state index is 12.6. The summed E-state index contributed by atoms with van der Waals surface area (Å²) in [5.41, 5.74) is 4.40. The van der Waals surface area contributed by atoms with Crippen molar-refractivity contribution >= 4 is 16.9 Å². The number of rotatable bonds is 13. The van der Waals surface area contributed by atoms with Crippen molar-refractivity contribution in [3.63, 3.8) is 0 Å². The average Bonchev–Trinajstić information content (AvgIpc) is 3.29. The van der Waals surface area contributed by atoms with Gasteiger partial charge in [0.15, 0.2) is 11.5 Å². The lowest BCUT2D eigenvalue weighted by Gasteiger charge is -2.19. The summed E-state index contributed by atoms with van der Waals surface area (Å²) in [6.45, 7) is 8.68. The number of aromatic nitrogens is 2. The molecule has 1 N–H and O–H groups in total. The van der Waals surface area contributed by atoms with Crippen LogP contribution < -0.4 is 19.5 Å². The zero-order valence-corrected chi connectivity index (χ0v) is 24.3. The van der Waals surface area contributed by atoms with Crippen LogP contribution in [0.3, 0.4) is 0 Å². The summed E-state index contributed by atoms with van der Waals surface area (Å²) in [5, 5.41) is 3.04. The number of para-hydroxylation sites is 2. The summed E-state index contributed by atoms with van der Waals surface area (Å²) in [4.78, 5) is 17.5. The molecule has 7 heteroatoms. The first-order chi connectivity index (χ1) is 19.3. The predicted molar refractivity (Wildman–Crippen MR) is 160 cm³/mol. The fourth-order valence-corrected chi connectivity index (χ4v) is 4.73. The second-order valence-corrected chi connectivity index (χ2v) is 11.0. The van der Waals surface area contributed by atoms with E-state index in [0.717, 1.165) is 47.6 Å². The normalized spacial score (nSPS) is 11.4. The second-order valence-electron chi connectivity index (χ2n) is 11.0. The molecule has 4 aromatic rings. The van der Waals surface area contributed by atoms with Crippen LogP contribution in [0.1, 0.15) is 50.6 Å². The Kier molecular flexibility index (Phi) is 9.70. The average molecular weight is 544 g/mol. The lowest BCUT2D eigenvalue weighted by atomic mass is 9.87. The topological polar surface area (TPSA) is 74.6 Å². The number of benzene rings is 3. The van der Waals surface area contributed by atoms with E-state index in [9.17, 15) is 4.79 Å². The lowest BCUT2D eigenvalue weighted by Crippen LogP contribution is -2.28. The number of carbonyl (C=O) groups is 1. The predicted octanol–water partition coefficient (Wildman–Crippen LogP) is 6.11. The van der Waals surface area contributed by atoms with Gasteiger partial charge in [-0.15, -0.1) is 0 Å². The minimum atomic E-state index is -0.0393. The summed E-state index contributed by atoms with van der Waals surface area (Å²) in [6, 6.07) is 22.1. The van der Waals surface area contributed by atoms with Gasteiger partial charge < -0.3 is 24.1 Å². The maximum Gasteiger partial charge on any atom is 0.224 e. The molecule has 0 fully saturated rings. The highest BCUT2D eigenvalue weighted by atomic mass is 16.5. The van der Waals surface area contributed by atoms with Crippen LogP contribution in [0.2, 0.25) is 0 Å². The number of amides is 1. The van der Waals surface area contributed by atoms with Crippen molar-refractivity contribution in [3.8, 4) is 17.2 Å². The van der Waals surface area contributed by atoms with Gasteiger partial charge in [-0.3, -0.25) is 4.79 Å². The smallest absolute Gasteiger partial charge is 0.224 e. The number of fused-ring (bicyclic) bond motifs is 1. The molecule has 0 saturated carbocycles. The Morgan fingerprint density at radius 3 is 2.40 bits per heavy atom. The number of hydrogen-bond acceptors (Lipinski definition) is 5. The SMILES string of the molecule is COc1ccc(CC(=O)NCCc2nc3ccccc3n2CCCCOc2ccc(C(C)(C)C)cc2)cc1OC. The van der Waals surface area contributed by atoms with Crippen LogP contribution in [0.25, 0.3) is 11.0 Å². The summed E-state index contributed by atoms with van der Waals surface area (Å²) in [7, 11) is 3.19. The number of unbranched alkanes of at least 4 members (excludes halogenated alkanes) is 1. The van der Waals surface area contributed by atoms with Gasteiger partial charge in [0.2, 0.25) is 5.91 Å². The molecule has 0 unspecified atom stereocenters. The first-order valence-corrected chi connectivity index (χ1v) is 13.9. The van der Waals surface area contributed by atoms with E-state index < -0.39 is 0 Å². The Bertz CT molecular complexity index is 1400. The first-order valence-electron chi connectivity index (χ1n) is 13.9. The molecule has 0 radical (unpaired) electrons. The van der Waals surface area contributed by atoms with Crippen molar-refractivity contribution in [2.24, 2.45) is 0 Å². The third kappa shape index (κ3) is 7.56. The van der Waals surface area contributed by atoms with Crippen molar-refractivity contribution in [2.45, 2.75) is 58.4 Å². The van der Waals surface area contributed by atoms with E-state index in [-0.39, 0.29) is 17.7 Å². The molecule has 0 atom stereocenters. The Morgan fingerprint density at radius 1 is 0.925 bits per heavy atom. The molecular weight excluding hydrogens is 502 g/mol. The monoisotopic (exact) mass is 543 g/mol. The third-order valence-electron chi connectivity index (χ3n) is 6.98. The van der Waals surface area contributed by atoms with E-state index >= 15 is 0 Å². The largest absolute Gasteiger partial charge is 0.494 e. The van der Waals surface area contributed by atoms with Crippen molar-refractivity contribution in [1.82, 2.24) is 14.9 Å². The lowest BCUT2D eigenvalue weighted by molar-refractivity contribution is -0.120. The molecule has 1 amide bonds. The second kappa shape index (κ2) is 13.4. The maximum absolute atomic E-state index is 12.6. The number of nitrogens with zero attached hydrogens (tertiary/aromatic N) is 2. The summed E-state index contributed by atoms with van der Waals surface area (Å²) >= 11 is 0. The highest BCUT2D eigenvalue weighted by Crippen LogP contribution is 2.28. The van der Waals surface area contributed by atoms with Crippen LogP contribution in [0, 0.1) is 0 Å². The fraction of sp³-hybridized carbons (Fsp3) is 0.394. The highest BCUT2D eigenvalue weighted by Gasteiger charge is 2.14.